The summed E-state index contributed by atoms with van der Waals surface area (Å²) in [5.41, 5.74) is 1.03. The molecule has 1 atom stereocenters. The average molecular weight is 407 g/mol. The Bertz CT molecular complexity index is 991. The Labute approximate surface area is 171 Å². The summed E-state index contributed by atoms with van der Waals surface area (Å²) in [6.45, 7) is 0. The lowest BCUT2D eigenvalue weighted by Crippen LogP contribution is -2.21. The van der Waals surface area contributed by atoms with Crippen LogP contribution >= 0.6 is 11.8 Å². The van der Waals surface area contributed by atoms with Gasteiger partial charge in [0.1, 0.15) is 0 Å². The summed E-state index contributed by atoms with van der Waals surface area (Å²) in [4.78, 5) is 36.2. The van der Waals surface area contributed by atoms with E-state index in [4.69, 9.17) is 4.74 Å². The van der Waals surface area contributed by atoms with Gasteiger partial charge in [-0.3, -0.25) is 19.7 Å². The van der Waals surface area contributed by atoms with Crippen LogP contribution in [0, 0.1) is 10.1 Å². The Morgan fingerprint density at radius 2 is 1.48 bits per heavy atom. The van der Waals surface area contributed by atoms with Crippen molar-refractivity contribution in [1.29, 1.82) is 0 Å². The lowest BCUT2D eigenvalue weighted by Gasteiger charge is -2.17. The first-order valence-corrected chi connectivity index (χ1v) is 9.74. The van der Waals surface area contributed by atoms with Crippen molar-refractivity contribution in [2.75, 3.05) is 5.75 Å². The zero-order valence-corrected chi connectivity index (χ0v) is 16.1. The zero-order chi connectivity index (χ0) is 20.6. The van der Waals surface area contributed by atoms with Gasteiger partial charge >= 0.3 is 5.97 Å². The van der Waals surface area contributed by atoms with Gasteiger partial charge < -0.3 is 4.74 Å². The van der Waals surface area contributed by atoms with Gasteiger partial charge in [0.25, 0.3) is 5.69 Å². The van der Waals surface area contributed by atoms with E-state index in [1.807, 2.05) is 6.07 Å². The number of hydrogen-bond donors (Lipinski definition) is 0. The van der Waals surface area contributed by atoms with E-state index in [0.717, 1.165) is 0 Å². The molecule has 0 N–H and O–H groups in total. The SMILES string of the molecule is O=C(CSc1ccc([N+](=O)[O-])cc1)O[C@H](C(=O)c1ccccc1)c1ccccc1. The van der Waals surface area contributed by atoms with Gasteiger partial charge in [0.15, 0.2) is 6.10 Å². The average Bonchev–Trinajstić information content (AvgIpc) is 2.77. The summed E-state index contributed by atoms with van der Waals surface area (Å²) < 4.78 is 5.52. The largest absolute Gasteiger partial charge is 0.448 e. The summed E-state index contributed by atoms with van der Waals surface area (Å²) in [5.74, 6) is -0.875. The van der Waals surface area contributed by atoms with Gasteiger partial charge in [-0.15, -0.1) is 11.8 Å². The van der Waals surface area contributed by atoms with Gasteiger partial charge in [-0.2, -0.15) is 0 Å². The number of nitro groups is 1. The number of nitro benzene ring substituents is 1. The van der Waals surface area contributed by atoms with Gasteiger partial charge in [0, 0.05) is 28.2 Å². The lowest BCUT2D eigenvalue weighted by atomic mass is 10.00. The van der Waals surface area contributed by atoms with E-state index in [2.05, 4.69) is 0 Å². The number of esters is 1. The maximum atomic E-state index is 12.9. The maximum Gasteiger partial charge on any atom is 0.317 e. The summed E-state index contributed by atoms with van der Waals surface area (Å²) in [7, 11) is 0. The van der Waals surface area contributed by atoms with Crippen molar-refractivity contribution in [3.05, 3.63) is 106 Å². The molecule has 0 bridgehead atoms. The summed E-state index contributed by atoms with van der Waals surface area (Å²) >= 11 is 1.19. The van der Waals surface area contributed by atoms with E-state index < -0.39 is 17.0 Å². The standard InChI is InChI=1S/C22H17NO5S/c24-20(15-29-19-13-11-18(12-14-19)23(26)27)28-22(17-9-5-2-6-10-17)21(25)16-7-3-1-4-8-16/h1-14,22H,15H2/t22-/m0/s1. The number of carbonyl (C=O) groups is 2. The third-order valence-corrected chi connectivity index (χ3v) is 5.04. The van der Waals surface area contributed by atoms with Crippen molar-refractivity contribution in [3.63, 3.8) is 0 Å². The van der Waals surface area contributed by atoms with Crippen LogP contribution in [0.4, 0.5) is 5.69 Å². The Balaban J connectivity index is 1.69. The first-order chi connectivity index (χ1) is 14.0. The van der Waals surface area contributed by atoms with Crippen LogP contribution in [0.3, 0.4) is 0 Å². The third kappa shape index (κ3) is 5.52. The molecule has 3 aromatic rings. The lowest BCUT2D eigenvalue weighted by molar-refractivity contribution is -0.384. The van der Waals surface area contributed by atoms with Gasteiger partial charge in [-0.25, -0.2) is 0 Å². The highest BCUT2D eigenvalue weighted by Gasteiger charge is 2.26. The second-order valence-corrected chi connectivity index (χ2v) is 7.10. The second kappa shape index (κ2) is 9.66. The van der Waals surface area contributed by atoms with Crippen molar-refractivity contribution in [2.24, 2.45) is 0 Å². The number of thioether (sulfide) groups is 1. The van der Waals surface area contributed by atoms with E-state index in [1.54, 1.807) is 66.7 Å². The monoisotopic (exact) mass is 407 g/mol. The fourth-order valence-corrected chi connectivity index (χ4v) is 3.31. The molecule has 29 heavy (non-hydrogen) atoms. The van der Waals surface area contributed by atoms with Crippen LogP contribution in [0.25, 0.3) is 0 Å². The van der Waals surface area contributed by atoms with Gasteiger partial charge in [0.05, 0.1) is 10.7 Å². The van der Waals surface area contributed by atoms with Gasteiger partial charge in [-0.1, -0.05) is 60.7 Å². The summed E-state index contributed by atoms with van der Waals surface area (Å²) in [5, 5.41) is 10.7. The Hall–Kier alpha value is -3.45. The smallest absolute Gasteiger partial charge is 0.317 e. The number of carbonyl (C=O) groups excluding carboxylic acids is 2. The predicted octanol–water partition coefficient (Wildman–Crippen LogP) is 4.85. The van der Waals surface area contributed by atoms with Crippen molar-refractivity contribution in [3.8, 4) is 0 Å². The molecule has 0 radical (unpaired) electrons. The zero-order valence-electron chi connectivity index (χ0n) is 15.3. The molecule has 0 amide bonds. The normalized spacial score (nSPS) is 11.4. The first-order valence-electron chi connectivity index (χ1n) is 8.75. The second-order valence-electron chi connectivity index (χ2n) is 6.05. The summed E-state index contributed by atoms with van der Waals surface area (Å²) in [6, 6.07) is 23.4. The van der Waals surface area contributed by atoms with Crippen LogP contribution in [0.5, 0.6) is 0 Å². The van der Waals surface area contributed by atoms with Crippen LogP contribution in [0.2, 0.25) is 0 Å². The highest BCUT2D eigenvalue weighted by atomic mass is 32.2. The molecule has 0 heterocycles. The molecule has 0 fully saturated rings. The van der Waals surface area contributed by atoms with Crippen molar-refractivity contribution in [1.82, 2.24) is 0 Å². The van der Waals surface area contributed by atoms with Crippen molar-refractivity contribution >= 4 is 29.2 Å². The number of rotatable bonds is 8. The molecule has 3 aromatic carbocycles. The van der Waals surface area contributed by atoms with Crippen LogP contribution < -0.4 is 0 Å². The molecule has 0 saturated carbocycles. The van der Waals surface area contributed by atoms with Gasteiger partial charge in [0.2, 0.25) is 5.78 Å². The third-order valence-electron chi connectivity index (χ3n) is 4.05. The number of nitrogens with zero attached hydrogens (tertiary/aromatic N) is 1. The molecule has 0 aliphatic rings. The fourth-order valence-electron chi connectivity index (χ4n) is 2.63. The molecule has 0 spiro atoms. The highest BCUT2D eigenvalue weighted by Crippen LogP contribution is 2.25. The molecular formula is C22H17NO5S. The molecule has 0 saturated heterocycles. The van der Waals surface area contributed by atoms with E-state index in [1.165, 1.54) is 23.9 Å². The minimum atomic E-state index is -1.04. The van der Waals surface area contributed by atoms with Crippen LogP contribution in [0.15, 0.2) is 89.8 Å². The first kappa shape index (κ1) is 20.3. The topological polar surface area (TPSA) is 86.5 Å². The molecule has 0 aromatic heterocycles. The molecule has 146 valence electrons. The maximum absolute atomic E-state index is 12.9. The molecule has 6 nitrogen and oxygen atoms in total. The Morgan fingerprint density at radius 1 is 0.897 bits per heavy atom. The van der Waals surface area contributed by atoms with Crippen LogP contribution in [0.1, 0.15) is 22.0 Å². The number of Topliss-reactive ketones (excluding diaryl/α,β-unsaturated/α-hetero) is 1. The summed E-state index contributed by atoms with van der Waals surface area (Å²) in [6.07, 6.45) is -1.04. The van der Waals surface area contributed by atoms with Crippen LogP contribution in [-0.4, -0.2) is 22.4 Å². The van der Waals surface area contributed by atoms with E-state index >= 15 is 0 Å². The number of ketones is 1. The molecule has 7 heteroatoms. The molecule has 0 aliphatic carbocycles. The Kier molecular flexibility index (Phi) is 6.76. The number of benzene rings is 3. The fraction of sp³-hybridized carbons (Fsp3) is 0.0909. The molecule has 0 aliphatic heterocycles. The molecule has 3 rings (SSSR count). The van der Waals surface area contributed by atoms with Crippen molar-refractivity contribution < 1.29 is 19.2 Å². The minimum Gasteiger partial charge on any atom is -0.448 e. The quantitative estimate of drug-likeness (QED) is 0.174. The highest BCUT2D eigenvalue weighted by molar-refractivity contribution is 8.00. The number of hydrogen-bond acceptors (Lipinski definition) is 6. The van der Waals surface area contributed by atoms with Gasteiger partial charge in [-0.05, 0) is 12.1 Å². The number of non-ortho nitro benzene ring substituents is 1. The van der Waals surface area contributed by atoms with Crippen molar-refractivity contribution in [2.45, 2.75) is 11.0 Å². The Morgan fingerprint density at radius 3 is 2.07 bits per heavy atom. The van der Waals surface area contributed by atoms with E-state index in [-0.39, 0.29) is 17.2 Å². The van der Waals surface area contributed by atoms with Crippen LogP contribution in [-0.2, 0) is 9.53 Å². The predicted molar refractivity (Wildman–Crippen MR) is 110 cm³/mol. The van der Waals surface area contributed by atoms with E-state index in [0.29, 0.717) is 16.0 Å². The van der Waals surface area contributed by atoms with E-state index in [9.17, 15) is 19.7 Å². The molecular weight excluding hydrogens is 390 g/mol. The molecule has 0 unspecified atom stereocenters. The number of ether oxygens (including phenoxy) is 1. The minimum absolute atomic E-state index is 0.0190.